The molecule has 1 saturated heterocycles. The highest BCUT2D eigenvalue weighted by Crippen LogP contribution is 2.28. The minimum Gasteiger partial charge on any atom is -0.370 e. The quantitative estimate of drug-likeness (QED) is 0.779. The van der Waals surface area contributed by atoms with Gasteiger partial charge in [0.1, 0.15) is 0 Å². The predicted octanol–water partition coefficient (Wildman–Crippen LogP) is 2.10. The van der Waals surface area contributed by atoms with Gasteiger partial charge in [-0.25, -0.2) is 0 Å². The number of piperidine rings is 1. The maximum Gasteiger partial charge on any atom is 0.0369 e. The summed E-state index contributed by atoms with van der Waals surface area (Å²) in [7, 11) is 0. The number of nitrogens with two attached hydrogens (primary N) is 1. The Labute approximate surface area is 97.4 Å². The molecule has 0 saturated carbocycles. The minimum atomic E-state index is 0.363. The summed E-state index contributed by atoms with van der Waals surface area (Å²) in [5.41, 5.74) is 10.5. The van der Waals surface area contributed by atoms with Crippen molar-refractivity contribution in [3.05, 3.63) is 29.3 Å². The maximum absolute atomic E-state index is 6.03. The summed E-state index contributed by atoms with van der Waals surface area (Å²) in [4.78, 5) is 2.45. The fraction of sp³-hybridized carbons (Fsp3) is 0.571. The molecule has 1 aromatic rings. The lowest BCUT2D eigenvalue weighted by Gasteiger charge is -2.33. The smallest absolute Gasteiger partial charge is 0.0369 e. The second kappa shape index (κ2) is 4.10. The summed E-state index contributed by atoms with van der Waals surface area (Å²) in [5.74, 6) is 0. The van der Waals surface area contributed by atoms with Crippen molar-refractivity contribution < 1.29 is 0 Å². The van der Waals surface area contributed by atoms with Crippen LogP contribution in [0.4, 0.5) is 5.69 Å². The van der Waals surface area contributed by atoms with Crippen molar-refractivity contribution in [1.82, 2.24) is 0 Å². The number of hydrogen-bond acceptors (Lipinski definition) is 2. The Morgan fingerprint density at radius 1 is 1.12 bits per heavy atom. The van der Waals surface area contributed by atoms with E-state index in [-0.39, 0.29) is 0 Å². The maximum atomic E-state index is 6.03. The van der Waals surface area contributed by atoms with Gasteiger partial charge >= 0.3 is 0 Å². The number of nitrogens with zero attached hydrogens (tertiary/aromatic N) is 1. The highest BCUT2D eigenvalue weighted by molar-refractivity contribution is 5.52. The summed E-state index contributed by atoms with van der Waals surface area (Å²) in [6, 6.07) is 7.35. The SMILES string of the molecule is NC1CCCN(c2ccc3c(c2)CCC3)C1. The fourth-order valence-corrected chi connectivity index (χ4v) is 3.00. The van der Waals surface area contributed by atoms with E-state index in [4.69, 9.17) is 5.73 Å². The molecule has 1 unspecified atom stereocenters. The molecule has 1 aromatic carbocycles. The molecule has 3 rings (SSSR count). The number of aryl methyl sites for hydroxylation is 2. The molecule has 1 fully saturated rings. The molecule has 1 aliphatic heterocycles. The van der Waals surface area contributed by atoms with Crippen LogP contribution >= 0.6 is 0 Å². The summed E-state index contributed by atoms with van der Waals surface area (Å²) in [6.07, 6.45) is 6.29. The van der Waals surface area contributed by atoms with Gasteiger partial charge in [-0.2, -0.15) is 0 Å². The van der Waals surface area contributed by atoms with Crippen LogP contribution in [0.15, 0.2) is 18.2 Å². The Morgan fingerprint density at radius 2 is 2.00 bits per heavy atom. The number of anilines is 1. The molecule has 0 amide bonds. The van der Waals surface area contributed by atoms with Gasteiger partial charge in [-0.15, -0.1) is 0 Å². The second-order valence-electron chi connectivity index (χ2n) is 5.15. The van der Waals surface area contributed by atoms with Gasteiger partial charge in [-0.1, -0.05) is 6.07 Å². The van der Waals surface area contributed by atoms with E-state index < -0.39 is 0 Å². The van der Waals surface area contributed by atoms with Crippen LogP contribution in [-0.4, -0.2) is 19.1 Å². The number of hydrogen-bond donors (Lipinski definition) is 1. The molecule has 1 atom stereocenters. The van der Waals surface area contributed by atoms with Crippen LogP contribution in [0, 0.1) is 0 Å². The molecule has 86 valence electrons. The molecule has 16 heavy (non-hydrogen) atoms. The fourth-order valence-electron chi connectivity index (χ4n) is 3.00. The zero-order chi connectivity index (χ0) is 11.0. The highest BCUT2D eigenvalue weighted by Gasteiger charge is 2.18. The molecule has 2 heteroatoms. The van der Waals surface area contributed by atoms with Crippen LogP contribution in [0.5, 0.6) is 0 Å². The van der Waals surface area contributed by atoms with E-state index in [2.05, 4.69) is 23.1 Å². The van der Waals surface area contributed by atoms with Crippen molar-refractivity contribution in [3.8, 4) is 0 Å². The molecule has 0 bridgehead atoms. The van der Waals surface area contributed by atoms with Gasteiger partial charge in [0.15, 0.2) is 0 Å². The Bertz CT molecular complexity index is 386. The van der Waals surface area contributed by atoms with Crippen molar-refractivity contribution in [2.75, 3.05) is 18.0 Å². The van der Waals surface area contributed by atoms with E-state index in [1.54, 1.807) is 11.1 Å². The topological polar surface area (TPSA) is 29.3 Å². The van der Waals surface area contributed by atoms with Crippen molar-refractivity contribution in [3.63, 3.8) is 0 Å². The first kappa shape index (κ1) is 10.2. The van der Waals surface area contributed by atoms with Gasteiger partial charge in [0, 0.05) is 24.8 Å². The van der Waals surface area contributed by atoms with E-state index in [0.717, 1.165) is 6.54 Å². The van der Waals surface area contributed by atoms with E-state index in [1.165, 1.54) is 44.3 Å². The molecular formula is C14H20N2. The van der Waals surface area contributed by atoms with Gasteiger partial charge < -0.3 is 10.6 Å². The van der Waals surface area contributed by atoms with Gasteiger partial charge in [0.2, 0.25) is 0 Å². The highest BCUT2D eigenvalue weighted by atomic mass is 15.1. The monoisotopic (exact) mass is 216 g/mol. The first-order chi connectivity index (χ1) is 7.83. The van der Waals surface area contributed by atoms with Crippen molar-refractivity contribution in [1.29, 1.82) is 0 Å². The van der Waals surface area contributed by atoms with Crippen LogP contribution in [0.1, 0.15) is 30.4 Å². The Hall–Kier alpha value is -1.02. The lowest BCUT2D eigenvalue weighted by Crippen LogP contribution is -2.42. The second-order valence-corrected chi connectivity index (χ2v) is 5.15. The van der Waals surface area contributed by atoms with E-state index >= 15 is 0 Å². The summed E-state index contributed by atoms with van der Waals surface area (Å²) >= 11 is 0. The van der Waals surface area contributed by atoms with Crippen LogP contribution < -0.4 is 10.6 Å². The van der Waals surface area contributed by atoms with Gasteiger partial charge in [0.25, 0.3) is 0 Å². The lowest BCUT2D eigenvalue weighted by molar-refractivity contribution is 0.506. The Kier molecular flexibility index (Phi) is 2.60. The molecule has 2 nitrogen and oxygen atoms in total. The van der Waals surface area contributed by atoms with Crippen molar-refractivity contribution in [2.45, 2.75) is 38.1 Å². The predicted molar refractivity (Wildman–Crippen MR) is 67.9 cm³/mol. The van der Waals surface area contributed by atoms with E-state index in [9.17, 15) is 0 Å². The van der Waals surface area contributed by atoms with Crippen LogP contribution in [0.25, 0.3) is 0 Å². The average Bonchev–Trinajstić information content (AvgIpc) is 2.75. The normalized spacial score (nSPS) is 24.6. The van der Waals surface area contributed by atoms with Crippen LogP contribution in [0.2, 0.25) is 0 Å². The van der Waals surface area contributed by atoms with Gasteiger partial charge in [0.05, 0.1) is 0 Å². The minimum absolute atomic E-state index is 0.363. The zero-order valence-electron chi connectivity index (χ0n) is 9.78. The third-order valence-electron chi connectivity index (χ3n) is 3.91. The van der Waals surface area contributed by atoms with Crippen LogP contribution in [-0.2, 0) is 12.8 Å². The zero-order valence-corrected chi connectivity index (χ0v) is 9.78. The molecular weight excluding hydrogens is 196 g/mol. The van der Waals surface area contributed by atoms with Crippen LogP contribution in [0.3, 0.4) is 0 Å². The third kappa shape index (κ3) is 1.82. The van der Waals surface area contributed by atoms with Gasteiger partial charge in [-0.3, -0.25) is 0 Å². The Balaban J connectivity index is 1.83. The van der Waals surface area contributed by atoms with Crippen molar-refractivity contribution in [2.24, 2.45) is 5.73 Å². The number of fused-ring (bicyclic) bond motifs is 1. The van der Waals surface area contributed by atoms with E-state index in [1.807, 2.05) is 0 Å². The number of rotatable bonds is 1. The molecule has 2 aliphatic rings. The van der Waals surface area contributed by atoms with Crippen molar-refractivity contribution >= 4 is 5.69 Å². The summed E-state index contributed by atoms with van der Waals surface area (Å²) < 4.78 is 0. The molecule has 1 heterocycles. The standard InChI is InChI=1S/C14H20N2/c15-13-5-2-8-16(10-13)14-7-6-11-3-1-4-12(11)9-14/h6-7,9,13H,1-5,8,10,15H2. The average molecular weight is 216 g/mol. The molecule has 2 N–H and O–H groups in total. The largest absolute Gasteiger partial charge is 0.370 e. The third-order valence-corrected chi connectivity index (χ3v) is 3.91. The van der Waals surface area contributed by atoms with Gasteiger partial charge in [-0.05, 0) is 55.4 Å². The first-order valence-electron chi connectivity index (χ1n) is 6.45. The Morgan fingerprint density at radius 3 is 2.88 bits per heavy atom. The summed E-state index contributed by atoms with van der Waals surface area (Å²) in [6.45, 7) is 2.20. The summed E-state index contributed by atoms with van der Waals surface area (Å²) in [5, 5.41) is 0. The molecule has 1 aliphatic carbocycles. The molecule has 0 radical (unpaired) electrons. The number of benzene rings is 1. The van der Waals surface area contributed by atoms with E-state index in [0.29, 0.717) is 6.04 Å². The lowest BCUT2D eigenvalue weighted by atomic mass is 10.0. The molecule has 0 aromatic heterocycles. The molecule has 0 spiro atoms. The first-order valence-corrected chi connectivity index (χ1v) is 6.45.